The SMILES string of the molecule is CC(C)(COc1ccc(-c2ccc(-c3nc(C(F)(F)F)n[nH]3)cc2)cn1)C(=O)O. The first kappa shape index (κ1) is 20.3. The Bertz CT molecular complexity index is 997. The molecular weight excluding hydrogens is 389 g/mol. The highest BCUT2D eigenvalue weighted by Crippen LogP contribution is 2.28. The van der Waals surface area contributed by atoms with Crippen molar-refractivity contribution in [1.29, 1.82) is 0 Å². The van der Waals surface area contributed by atoms with Crippen LogP contribution >= 0.6 is 0 Å². The Morgan fingerprint density at radius 1 is 1.07 bits per heavy atom. The third kappa shape index (κ3) is 4.71. The zero-order valence-electron chi connectivity index (χ0n) is 15.5. The number of benzene rings is 1. The molecule has 0 saturated heterocycles. The Hall–Kier alpha value is -3.43. The first-order valence-corrected chi connectivity index (χ1v) is 8.49. The summed E-state index contributed by atoms with van der Waals surface area (Å²) in [5, 5.41) is 14.5. The quantitative estimate of drug-likeness (QED) is 0.641. The van der Waals surface area contributed by atoms with Crippen LogP contribution in [0.3, 0.4) is 0 Å². The fourth-order valence-electron chi connectivity index (χ4n) is 2.29. The average Bonchev–Trinajstić information content (AvgIpc) is 3.18. The number of aromatic nitrogens is 4. The number of carboxylic acids is 1. The molecule has 0 atom stereocenters. The number of aromatic amines is 1. The van der Waals surface area contributed by atoms with Crippen molar-refractivity contribution < 1.29 is 27.8 Å². The molecule has 3 rings (SSSR count). The van der Waals surface area contributed by atoms with E-state index in [2.05, 4.69) is 20.2 Å². The Morgan fingerprint density at radius 2 is 1.69 bits per heavy atom. The van der Waals surface area contributed by atoms with Crippen LogP contribution in [0, 0.1) is 5.41 Å². The standard InChI is InChI=1S/C19H17F3N4O3/c1-18(2,17(27)28)10-29-14-8-7-13(9-23-14)11-3-5-12(6-4-11)15-24-16(26-25-15)19(20,21)22/h3-9H,10H2,1-2H3,(H,27,28)(H,24,25,26). The van der Waals surface area contributed by atoms with Gasteiger partial charge in [0.2, 0.25) is 5.88 Å². The maximum atomic E-state index is 12.6. The van der Waals surface area contributed by atoms with Gasteiger partial charge in [0, 0.05) is 23.4 Å². The summed E-state index contributed by atoms with van der Waals surface area (Å²) in [6.07, 6.45) is -3.04. The van der Waals surface area contributed by atoms with Gasteiger partial charge >= 0.3 is 12.1 Å². The topological polar surface area (TPSA) is 101 Å². The van der Waals surface area contributed by atoms with Gasteiger partial charge in [-0.15, -0.1) is 5.10 Å². The van der Waals surface area contributed by atoms with E-state index in [4.69, 9.17) is 9.84 Å². The van der Waals surface area contributed by atoms with Crippen LogP contribution < -0.4 is 4.74 Å². The number of carbonyl (C=O) groups is 1. The number of pyridine rings is 1. The Balaban J connectivity index is 1.70. The fourth-order valence-corrected chi connectivity index (χ4v) is 2.29. The van der Waals surface area contributed by atoms with E-state index in [1.807, 2.05) is 0 Å². The summed E-state index contributed by atoms with van der Waals surface area (Å²) in [5.41, 5.74) is 0.966. The monoisotopic (exact) mass is 406 g/mol. The van der Waals surface area contributed by atoms with E-state index >= 15 is 0 Å². The highest BCUT2D eigenvalue weighted by molar-refractivity contribution is 5.73. The summed E-state index contributed by atoms with van der Waals surface area (Å²) < 4.78 is 43.2. The van der Waals surface area contributed by atoms with Crippen LogP contribution in [0.4, 0.5) is 13.2 Å². The first-order chi connectivity index (χ1) is 13.6. The van der Waals surface area contributed by atoms with E-state index < -0.39 is 23.4 Å². The molecule has 7 nitrogen and oxygen atoms in total. The molecule has 2 aromatic heterocycles. The molecule has 0 bridgehead atoms. The van der Waals surface area contributed by atoms with Crippen molar-refractivity contribution in [3.8, 4) is 28.4 Å². The van der Waals surface area contributed by atoms with Crippen LogP contribution in [0.5, 0.6) is 5.88 Å². The summed E-state index contributed by atoms with van der Waals surface area (Å²) >= 11 is 0. The molecule has 0 aliphatic rings. The van der Waals surface area contributed by atoms with Crippen molar-refractivity contribution in [3.05, 3.63) is 48.4 Å². The van der Waals surface area contributed by atoms with Crippen molar-refractivity contribution >= 4 is 5.97 Å². The minimum Gasteiger partial charge on any atom is -0.481 e. The molecule has 10 heteroatoms. The number of aliphatic carboxylic acids is 1. The van der Waals surface area contributed by atoms with Crippen molar-refractivity contribution in [1.82, 2.24) is 20.2 Å². The third-order valence-electron chi connectivity index (χ3n) is 4.13. The Morgan fingerprint density at radius 3 is 2.21 bits per heavy atom. The van der Waals surface area contributed by atoms with Crippen LogP contribution in [0.15, 0.2) is 42.6 Å². The van der Waals surface area contributed by atoms with Gasteiger partial charge in [-0.25, -0.2) is 9.97 Å². The van der Waals surface area contributed by atoms with Crippen LogP contribution in [-0.4, -0.2) is 37.8 Å². The van der Waals surface area contributed by atoms with Crippen molar-refractivity contribution in [2.75, 3.05) is 6.61 Å². The van der Waals surface area contributed by atoms with Crippen LogP contribution in [0.1, 0.15) is 19.7 Å². The lowest BCUT2D eigenvalue weighted by Crippen LogP contribution is -2.30. The van der Waals surface area contributed by atoms with E-state index in [-0.39, 0.29) is 12.4 Å². The second kappa shape index (κ2) is 7.53. The minimum atomic E-state index is -4.61. The van der Waals surface area contributed by atoms with E-state index in [0.717, 1.165) is 11.1 Å². The number of ether oxygens (including phenoxy) is 1. The Kier molecular flexibility index (Phi) is 5.27. The summed E-state index contributed by atoms with van der Waals surface area (Å²) in [7, 11) is 0. The molecule has 0 fully saturated rings. The largest absolute Gasteiger partial charge is 0.481 e. The van der Waals surface area contributed by atoms with Crippen LogP contribution in [0.2, 0.25) is 0 Å². The average molecular weight is 406 g/mol. The molecule has 0 aliphatic heterocycles. The lowest BCUT2D eigenvalue weighted by atomic mass is 9.95. The predicted octanol–water partition coefficient (Wildman–Crippen LogP) is 4.04. The molecule has 0 aliphatic carbocycles. The number of H-pyrrole nitrogens is 1. The van der Waals surface area contributed by atoms with Gasteiger partial charge in [0.25, 0.3) is 5.82 Å². The lowest BCUT2D eigenvalue weighted by Gasteiger charge is -2.18. The molecule has 0 saturated carbocycles. The maximum Gasteiger partial charge on any atom is 0.453 e. The summed E-state index contributed by atoms with van der Waals surface area (Å²) in [5.74, 6) is -1.88. The molecule has 0 unspecified atom stereocenters. The second-order valence-corrected chi connectivity index (χ2v) is 6.95. The summed E-state index contributed by atoms with van der Waals surface area (Å²) in [6, 6.07) is 10.0. The summed E-state index contributed by atoms with van der Waals surface area (Å²) in [4.78, 5) is 18.7. The first-order valence-electron chi connectivity index (χ1n) is 8.49. The van der Waals surface area contributed by atoms with Gasteiger partial charge in [-0.1, -0.05) is 24.3 Å². The second-order valence-electron chi connectivity index (χ2n) is 6.95. The number of hydrogen-bond donors (Lipinski definition) is 2. The number of carboxylic acid groups (broad SMARTS) is 1. The number of alkyl halides is 3. The van der Waals surface area contributed by atoms with E-state index in [1.165, 1.54) is 0 Å². The van der Waals surface area contributed by atoms with E-state index in [9.17, 15) is 18.0 Å². The molecule has 29 heavy (non-hydrogen) atoms. The molecular formula is C19H17F3N4O3. The van der Waals surface area contributed by atoms with Gasteiger partial charge in [-0.05, 0) is 25.5 Å². The molecule has 0 spiro atoms. The lowest BCUT2D eigenvalue weighted by molar-refractivity contribution is -0.148. The molecule has 1 aromatic carbocycles. The number of rotatable bonds is 6. The van der Waals surface area contributed by atoms with Gasteiger partial charge in [-0.3, -0.25) is 9.89 Å². The summed E-state index contributed by atoms with van der Waals surface area (Å²) in [6.45, 7) is 3.08. The zero-order chi connectivity index (χ0) is 21.2. The number of nitrogens with one attached hydrogen (secondary N) is 1. The number of nitrogens with zero attached hydrogens (tertiary/aromatic N) is 3. The van der Waals surface area contributed by atoms with Gasteiger partial charge in [0.15, 0.2) is 5.82 Å². The van der Waals surface area contributed by atoms with Gasteiger partial charge in [-0.2, -0.15) is 13.2 Å². The molecule has 0 amide bonds. The minimum absolute atomic E-state index is 0.0202. The zero-order valence-corrected chi connectivity index (χ0v) is 15.5. The molecule has 2 heterocycles. The smallest absolute Gasteiger partial charge is 0.453 e. The normalized spacial score (nSPS) is 12.0. The third-order valence-corrected chi connectivity index (χ3v) is 4.13. The van der Waals surface area contributed by atoms with Crippen molar-refractivity contribution in [3.63, 3.8) is 0 Å². The fraction of sp³-hybridized carbons (Fsp3) is 0.263. The molecule has 2 N–H and O–H groups in total. The molecule has 152 valence electrons. The maximum absolute atomic E-state index is 12.6. The number of hydrogen-bond acceptors (Lipinski definition) is 5. The van der Waals surface area contributed by atoms with Gasteiger partial charge in [0.1, 0.15) is 6.61 Å². The van der Waals surface area contributed by atoms with E-state index in [0.29, 0.717) is 11.4 Å². The van der Waals surface area contributed by atoms with Crippen molar-refractivity contribution in [2.45, 2.75) is 20.0 Å². The van der Waals surface area contributed by atoms with Crippen molar-refractivity contribution in [2.24, 2.45) is 5.41 Å². The van der Waals surface area contributed by atoms with Crippen LogP contribution in [-0.2, 0) is 11.0 Å². The highest BCUT2D eigenvalue weighted by atomic mass is 19.4. The molecule has 3 aromatic rings. The Labute approximate surface area is 163 Å². The van der Waals surface area contributed by atoms with Crippen LogP contribution in [0.25, 0.3) is 22.5 Å². The highest BCUT2D eigenvalue weighted by Gasteiger charge is 2.36. The predicted molar refractivity (Wildman–Crippen MR) is 97.0 cm³/mol. The number of halogens is 3. The van der Waals surface area contributed by atoms with Gasteiger partial charge in [0.05, 0.1) is 5.41 Å². The van der Waals surface area contributed by atoms with Gasteiger partial charge < -0.3 is 9.84 Å². The van der Waals surface area contributed by atoms with E-state index in [1.54, 1.807) is 56.4 Å². The molecule has 0 radical (unpaired) electrons.